The Morgan fingerprint density at radius 1 is 1.44 bits per heavy atom. The lowest BCUT2D eigenvalue weighted by Crippen LogP contribution is -3.05. The summed E-state index contributed by atoms with van der Waals surface area (Å²) in [4.78, 5) is 1.30. The Bertz CT molecular complexity index is 428. The fourth-order valence-electron chi connectivity index (χ4n) is 1.16. The lowest BCUT2D eigenvalue weighted by atomic mass is 10.4. The van der Waals surface area contributed by atoms with Gasteiger partial charge < -0.3 is 4.90 Å². The van der Waals surface area contributed by atoms with Crippen LogP contribution in [-0.2, 0) is 10.0 Å². The van der Waals surface area contributed by atoms with E-state index in [-0.39, 0.29) is 4.21 Å². The van der Waals surface area contributed by atoms with Gasteiger partial charge in [0.15, 0.2) is 0 Å². The van der Waals surface area contributed by atoms with Gasteiger partial charge in [-0.1, -0.05) is 11.6 Å². The van der Waals surface area contributed by atoms with Crippen LogP contribution < -0.4 is 9.62 Å². The molecular formula is C9H16ClN2O2S2+. The summed E-state index contributed by atoms with van der Waals surface area (Å²) < 4.78 is 26.8. The van der Waals surface area contributed by atoms with E-state index in [2.05, 4.69) is 4.72 Å². The number of nitrogens with one attached hydrogen (secondary N) is 2. The number of rotatable bonds is 6. The molecule has 1 aromatic heterocycles. The molecule has 4 nitrogen and oxygen atoms in total. The highest BCUT2D eigenvalue weighted by Crippen LogP contribution is 2.25. The fraction of sp³-hybridized carbons (Fsp3) is 0.556. The smallest absolute Gasteiger partial charge is 0.250 e. The van der Waals surface area contributed by atoms with Gasteiger partial charge in [0.05, 0.1) is 25.0 Å². The van der Waals surface area contributed by atoms with E-state index in [0.29, 0.717) is 10.9 Å². The summed E-state index contributed by atoms with van der Waals surface area (Å²) in [6.45, 7) is 1.40. The van der Waals surface area contributed by atoms with Crippen LogP contribution in [0.1, 0.15) is 6.42 Å². The van der Waals surface area contributed by atoms with Crippen molar-refractivity contribution in [3.05, 3.63) is 16.5 Å². The zero-order valence-corrected chi connectivity index (χ0v) is 11.7. The van der Waals surface area contributed by atoms with E-state index >= 15 is 0 Å². The molecule has 16 heavy (non-hydrogen) atoms. The summed E-state index contributed by atoms with van der Waals surface area (Å²) in [6, 6.07) is 3.11. The van der Waals surface area contributed by atoms with Gasteiger partial charge in [0.25, 0.3) is 0 Å². The maximum Gasteiger partial charge on any atom is 0.250 e. The van der Waals surface area contributed by atoms with Crippen LogP contribution in [0.5, 0.6) is 0 Å². The summed E-state index contributed by atoms with van der Waals surface area (Å²) in [5, 5.41) is 0. The number of halogens is 1. The summed E-state index contributed by atoms with van der Waals surface area (Å²) in [6.07, 6.45) is 0.820. The van der Waals surface area contributed by atoms with Crippen molar-refractivity contribution in [1.29, 1.82) is 0 Å². The molecule has 0 atom stereocenters. The second-order valence-electron chi connectivity index (χ2n) is 3.77. The number of sulfonamides is 1. The van der Waals surface area contributed by atoms with Gasteiger partial charge in [-0.2, -0.15) is 0 Å². The topological polar surface area (TPSA) is 50.6 Å². The summed E-state index contributed by atoms with van der Waals surface area (Å²) >= 11 is 6.76. The predicted octanol–water partition coefficient (Wildman–Crippen LogP) is 0.214. The average Bonchev–Trinajstić information content (AvgIpc) is 2.60. The molecule has 0 bridgehead atoms. The second kappa shape index (κ2) is 5.97. The first-order valence-corrected chi connectivity index (χ1v) is 7.63. The van der Waals surface area contributed by atoms with E-state index in [1.807, 2.05) is 14.1 Å². The van der Waals surface area contributed by atoms with Crippen molar-refractivity contribution >= 4 is 33.0 Å². The third-order valence-corrected chi connectivity index (χ3v) is 5.14. The molecule has 7 heteroatoms. The molecule has 0 saturated carbocycles. The minimum atomic E-state index is -3.36. The molecule has 92 valence electrons. The Morgan fingerprint density at radius 3 is 2.62 bits per heavy atom. The van der Waals surface area contributed by atoms with E-state index in [1.54, 1.807) is 6.07 Å². The fourth-order valence-corrected chi connectivity index (χ4v) is 3.76. The molecule has 0 saturated heterocycles. The predicted molar refractivity (Wildman–Crippen MR) is 66.8 cm³/mol. The van der Waals surface area contributed by atoms with Crippen molar-refractivity contribution < 1.29 is 13.3 Å². The number of quaternary nitrogens is 1. The number of hydrogen-bond acceptors (Lipinski definition) is 3. The molecule has 1 heterocycles. The summed E-state index contributed by atoms with van der Waals surface area (Å²) in [5.41, 5.74) is 0. The van der Waals surface area contributed by atoms with Gasteiger partial charge in [-0.05, 0) is 12.1 Å². The van der Waals surface area contributed by atoms with Crippen molar-refractivity contribution in [3.63, 3.8) is 0 Å². The second-order valence-corrected chi connectivity index (χ2v) is 7.48. The van der Waals surface area contributed by atoms with Crippen molar-refractivity contribution in [3.8, 4) is 0 Å². The third-order valence-electron chi connectivity index (χ3n) is 1.96. The first-order valence-electron chi connectivity index (χ1n) is 4.96. The van der Waals surface area contributed by atoms with Crippen molar-refractivity contribution in [1.82, 2.24) is 4.72 Å². The largest absolute Gasteiger partial charge is 0.340 e. The Hall–Kier alpha value is -0.140. The molecule has 0 radical (unpaired) electrons. The molecule has 0 unspecified atom stereocenters. The Kier molecular flexibility index (Phi) is 5.20. The van der Waals surface area contributed by atoms with Crippen molar-refractivity contribution in [2.24, 2.45) is 0 Å². The Balaban J connectivity index is 2.47. The molecule has 0 fully saturated rings. The quantitative estimate of drug-likeness (QED) is 0.734. The molecule has 2 N–H and O–H groups in total. The van der Waals surface area contributed by atoms with Crippen LogP contribution in [0.4, 0.5) is 0 Å². The zero-order chi connectivity index (χ0) is 12.2. The van der Waals surface area contributed by atoms with Gasteiger partial charge in [-0.3, -0.25) is 0 Å². The van der Waals surface area contributed by atoms with Crippen molar-refractivity contribution in [2.45, 2.75) is 10.6 Å². The maximum atomic E-state index is 11.7. The van der Waals surface area contributed by atoms with Gasteiger partial charge in [0, 0.05) is 13.0 Å². The lowest BCUT2D eigenvalue weighted by molar-refractivity contribution is -0.858. The van der Waals surface area contributed by atoms with Crippen LogP contribution in [0.2, 0.25) is 4.34 Å². The van der Waals surface area contributed by atoms with E-state index < -0.39 is 10.0 Å². The highest BCUT2D eigenvalue weighted by molar-refractivity contribution is 7.91. The van der Waals surface area contributed by atoms with E-state index in [0.717, 1.165) is 24.3 Å². The monoisotopic (exact) mass is 283 g/mol. The molecule has 1 aromatic rings. The first-order chi connectivity index (χ1) is 7.42. The van der Waals surface area contributed by atoms with E-state index in [4.69, 9.17) is 11.6 Å². The van der Waals surface area contributed by atoms with Crippen LogP contribution in [0.15, 0.2) is 16.3 Å². The SMILES string of the molecule is C[NH+](C)CCCNS(=O)(=O)c1ccc(Cl)s1. The minimum absolute atomic E-state index is 0.273. The Labute approximate surface area is 105 Å². The highest BCUT2D eigenvalue weighted by Gasteiger charge is 2.15. The molecule has 0 aromatic carbocycles. The molecule has 0 spiro atoms. The van der Waals surface area contributed by atoms with E-state index in [9.17, 15) is 8.42 Å². The van der Waals surface area contributed by atoms with Crippen LogP contribution in [-0.4, -0.2) is 35.6 Å². The molecular weight excluding hydrogens is 268 g/mol. The van der Waals surface area contributed by atoms with Crippen LogP contribution in [0.3, 0.4) is 0 Å². The normalized spacial score (nSPS) is 12.2. The van der Waals surface area contributed by atoms with Crippen LogP contribution in [0.25, 0.3) is 0 Å². The molecule has 0 aliphatic carbocycles. The zero-order valence-electron chi connectivity index (χ0n) is 9.29. The van der Waals surface area contributed by atoms with Gasteiger partial charge in [0.2, 0.25) is 10.0 Å². The molecule has 0 aliphatic heterocycles. The number of thiophene rings is 1. The van der Waals surface area contributed by atoms with Crippen molar-refractivity contribution in [2.75, 3.05) is 27.2 Å². The molecule has 0 aliphatic rings. The first kappa shape index (κ1) is 13.9. The van der Waals surface area contributed by atoms with Gasteiger partial charge in [-0.15, -0.1) is 11.3 Å². The van der Waals surface area contributed by atoms with Crippen LogP contribution >= 0.6 is 22.9 Å². The maximum absolute atomic E-state index is 11.7. The third kappa shape index (κ3) is 4.39. The molecule has 0 amide bonds. The minimum Gasteiger partial charge on any atom is -0.340 e. The Morgan fingerprint density at radius 2 is 2.12 bits per heavy atom. The van der Waals surface area contributed by atoms with Gasteiger partial charge in [0.1, 0.15) is 4.21 Å². The van der Waals surface area contributed by atoms with Gasteiger partial charge >= 0.3 is 0 Å². The standard InChI is InChI=1S/C9H15ClN2O2S2/c1-12(2)7-3-6-11-16(13,14)9-5-4-8(10)15-9/h4-5,11H,3,6-7H2,1-2H3/p+1. The van der Waals surface area contributed by atoms with E-state index in [1.165, 1.54) is 11.0 Å². The van der Waals surface area contributed by atoms with Gasteiger partial charge in [-0.25, -0.2) is 13.1 Å². The number of hydrogen-bond donors (Lipinski definition) is 2. The average molecular weight is 284 g/mol. The summed E-state index contributed by atoms with van der Waals surface area (Å²) in [5.74, 6) is 0. The molecule has 1 rings (SSSR count). The summed E-state index contributed by atoms with van der Waals surface area (Å²) in [7, 11) is 0.708. The highest BCUT2D eigenvalue weighted by atomic mass is 35.5. The lowest BCUT2D eigenvalue weighted by Gasteiger charge is -2.07. The van der Waals surface area contributed by atoms with Crippen LogP contribution in [0, 0.1) is 0 Å².